The summed E-state index contributed by atoms with van der Waals surface area (Å²) in [5, 5.41) is 4.63. The molecule has 0 spiro atoms. The number of para-hydroxylation sites is 2. The lowest BCUT2D eigenvalue weighted by atomic mass is 10.0. The average Bonchev–Trinajstić information content (AvgIpc) is 2.72. The predicted molar refractivity (Wildman–Crippen MR) is 119 cm³/mol. The Balaban J connectivity index is 1.52. The Kier molecular flexibility index (Phi) is 7.60. The molecule has 0 atom stereocenters. The van der Waals surface area contributed by atoms with E-state index in [0.717, 1.165) is 50.4 Å². The fourth-order valence-corrected chi connectivity index (χ4v) is 4.26. The minimum absolute atomic E-state index is 0.194. The lowest BCUT2D eigenvalue weighted by Gasteiger charge is -2.38. The Labute approximate surface area is 177 Å². The number of anilines is 2. The Hall–Kier alpha value is -1.75. The molecule has 0 radical (unpaired) electrons. The third-order valence-corrected chi connectivity index (χ3v) is 5.85. The number of nitrogens with zero attached hydrogens (tertiary/aromatic N) is 2. The minimum atomic E-state index is 0.194. The van der Waals surface area contributed by atoms with Gasteiger partial charge in [-0.15, -0.1) is 0 Å². The zero-order valence-electron chi connectivity index (χ0n) is 16.2. The van der Waals surface area contributed by atoms with Crippen LogP contribution in [0.4, 0.5) is 11.4 Å². The molecule has 2 aromatic rings. The number of rotatable bonds is 7. The van der Waals surface area contributed by atoms with Crippen molar-refractivity contribution in [2.45, 2.75) is 32.2 Å². The maximum absolute atomic E-state index is 12.6. The molecule has 28 heavy (non-hydrogen) atoms. The second-order valence-electron chi connectivity index (χ2n) is 7.05. The monoisotopic (exact) mass is 419 g/mol. The average molecular weight is 420 g/mol. The number of halogens is 2. The van der Waals surface area contributed by atoms with Crippen LogP contribution in [0.25, 0.3) is 0 Å². The summed E-state index contributed by atoms with van der Waals surface area (Å²) in [6.07, 6.45) is 2.48. The molecule has 1 heterocycles. The van der Waals surface area contributed by atoms with Gasteiger partial charge in [-0.1, -0.05) is 54.4 Å². The van der Waals surface area contributed by atoms with E-state index < -0.39 is 0 Å². The standard InChI is InChI=1S/C22H27Cl2N3O/c1-2-21(28)27(17-7-4-3-5-8-17)18-11-14-26(15-12-18)16-13-25-22-19(23)9-6-10-20(22)24/h3-10,18,25H,2,11-16H2,1H3. The fraction of sp³-hybridized carbons (Fsp3) is 0.409. The molecule has 6 heteroatoms. The molecule has 0 saturated carbocycles. The van der Waals surface area contributed by atoms with Crippen molar-refractivity contribution < 1.29 is 4.79 Å². The Morgan fingerprint density at radius 2 is 1.71 bits per heavy atom. The van der Waals surface area contributed by atoms with Crippen molar-refractivity contribution in [3.05, 3.63) is 58.6 Å². The smallest absolute Gasteiger partial charge is 0.226 e. The van der Waals surface area contributed by atoms with Crippen LogP contribution in [-0.2, 0) is 4.79 Å². The van der Waals surface area contributed by atoms with Gasteiger partial charge in [-0.25, -0.2) is 0 Å². The van der Waals surface area contributed by atoms with Crippen molar-refractivity contribution >= 4 is 40.5 Å². The molecule has 0 aliphatic carbocycles. The lowest BCUT2D eigenvalue weighted by molar-refractivity contribution is -0.119. The molecule has 1 aliphatic heterocycles. The SMILES string of the molecule is CCC(=O)N(c1ccccc1)C1CCN(CCNc2c(Cl)cccc2Cl)CC1. The largest absolute Gasteiger partial charge is 0.381 e. The topological polar surface area (TPSA) is 35.6 Å². The van der Waals surface area contributed by atoms with E-state index in [-0.39, 0.29) is 11.9 Å². The highest BCUT2D eigenvalue weighted by atomic mass is 35.5. The van der Waals surface area contributed by atoms with Crippen molar-refractivity contribution in [3.8, 4) is 0 Å². The van der Waals surface area contributed by atoms with Crippen molar-refractivity contribution in [1.29, 1.82) is 0 Å². The zero-order valence-corrected chi connectivity index (χ0v) is 17.7. The van der Waals surface area contributed by atoms with Gasteiger partial charge in [-0.2, -0.15) is 0 Å². The second kappa shape index (κ2) is 10.1. The molecule has 3 rings (SSSR count). The first-order valence-corrected chi connectivity index (χ1v) is 10.6. The summed E-state index contributed by atoms with van der Waals surface area (Å²) < 4.78 is 0. The van der Waals surface area contributed by atoms with Gasteiger partial charge < -0.3 is 15.1 Å². The fourth-order valence-electron chi connectivity index (χ4n) is 3.72. The van der Waals surface area contributed by atoms with E-state index in [1.165, 1.54) is 0 Å². The molecule has 4 nitrogen and oxygen atoms in total. The van der Waals surface area contributed by atoms with Gasteiger partial charge in [0.1, 0.15) is 0 Å². The van der Waals surface area contributed by atoms with Gasteiger partial charge in [0.15, 0.2) is 0 Å². The normalized spacial score (nSPS) is 15.4. The van der Waals surface area contributed by atoms with Crippen LogP contribution in [0.1, 0.15) is 26.2 Å². The van der Waals surface area contributed by atoms with Crippen LogP contribution in [0.3, 0.4) is 0 Å². The summed E-state index contributed by atoms with van der Waals surface area (Å²) in [6, 6.07) is 15.8. The van der Waals surface area contributed by atoms with Crippen molar-refractivity contribution in [1.82, 2.24) is 4.90 Å². The Morgan fingerprint density at radius 3 is 2.32 bits per heavy atom. The number of nitrogens with one attached hydrogen (secondary N) is 1. The van der Waals surface area contributed by atoms with Crippen LogP contribution in [0.15, 0.2) is 48.5 Å². The van der Waals surface area contributed by atoms with Crippen LogP contribution in [0, 0.1) is 0 Å². The van der Waals surface area contributed by atoms with E-state index in [1.807, 2.05) is 60.4 Å². The first-order chi connectivity index (χ1) is 13.6. The maximum atomic E-state index is 12.6. The molecule has 2 aromatic carbocycles. The predicted octanol–water partition coefficient (Wildman–Crippen LogP) is 5.31. The van der Waals surface area contributed by atoms with Crippen molar-refractivity contribution in [2.24, 2.45) is 0 Å². The summed E-state index contributed by atoms with van der Waals surface area (Å²) in [5.74, 6) is 0.194. The van der Waals surface area contributed by atoms with Crippen LogP contribution in [0.2, 0.25) is 10.0 Å². The quantitative estimate of drug-likeness (QED) is 0.659. The third kappa shape index (κ3) is 5.19. The Bertz CT molecular complexity index is 756. The van der Waals surface area contributed by atoms with Crippen LogP contribution in [-0.4, -0.2) is 43.0 Å². The first-order valence-electron chi connectivity index (χ1n) is 9.87. The summed E-state index contributed by atoms with van der Waals surface area (Å²) in [7, 11) is 0. The molecule has 150 valence electrons. The van der Waals surface area contributed by atoms with Gasteiger partial charge >= 0.3 is 0 Å². The summed E-state index contributed by atoms with van der Waals surface area (Å²) >= 11 is 12.4. The van der Waals surface area contributed by atoms with Crippen molar-refractivity contribution in [2.75, 3.05) is 36.4 Å². The highest BCUT2D eigenvalue weighted by Crippen LogP contribution is 2.29. The van der Waals surface area contributed by atoms with E-state index in [0.29, 0.717) is 16.5 Å². The van der Waals surface area contributed by atoms with E-state index in [2.05, 4.69) is 10.2 Å². The zero-order chi connectivity index (χ0) is 19.9. The molecule has 1 saturated heterocycles. The third-order valence-electron chi connectivity index (χ3n) is 5.22. The number of likely N-dealkylation sites (tertiary alicyclic amines) is 1. The molecule has 1 amide bonds. The van der Waals surface area contributed by atoms with Gasteiger partial charge in [0.25, 0.3) is 0 Å². The number of hydrogen-bond acceptors (Lipinski definition) is 3. The number of carbonyl (C=O) groups excluding carboxylic acids is 1. The molecule has 0 unspecified atom stereocenters. The van der Waals surface area contributed by atoms with Crippen molar-refractivity contribution in [3.63, 3.8) is 0 Å². The van der Waals surface area contributed by atoms with Gasteiger partial charge in [0.2, 0.25) is 5.91 Å². The lowest BCUT2D eigenvalue weighted by Crippen LogP contribution is -2.48. The molecule has 0 bridgehead atoms. The number of carbonyl (C=O) groups is 1. The summed E-state index contributed by atoms with van der Waals surface area (Å²) in [5.41, 5.74) is 1.80. The number of benzene rings is 2. The van der Waals surface area contributed by atoms with Crippen LogP contribution < -0.4 is 10.2 Å². The van der Waals surface area contributed by atoms with Crippen LogP contribution in [0.5, 0.6) is 0 Å². The van der Waals surface area contributed by atoms with Crippen LogP contribution >= 0.6 is 23.2 Å². The molecular formula is C22H27Cl2N3O. The van der Waals surface area contributed by atoms with E-state index in [9.17, 15) is 4.79 Å². The maximum Gasteiger partial charge on any atom is 0.226 e. The van der Waals surface area contributed by atoms with Gasteiger partial charge in [0.05, 0.1) is 15.7 Å². The molecule has 1 aliphatic rings. The van der Waals surface area contributed by atoms with Gasteiger partial charge in [-0.3, -0.25) is 4.79 Å². The first kappa shape index (κ1) is 21.0. The van der Waals surface area contributed by atoms with E-state index >= 15 is 0 Å². The number of hydrogen-bond donors (Lipinski definition) is 1. The summed E-state index contributed by atoms with van der Waals surface area (Å²) in [4.78, 5) is 17.0. The minimum Gasteiger partial charge on any atom is -0.381 e. The van der Waals surface area contributed by atoms with Gasteiger partial charge in [0, 0.05) is 44.3 Å². The Morgan fingerprint density at radius 1 is 1.07 bits per heavy atom. The molecular weight excluding hydrogens is 393 g/mol. The highest BCUT2D eigenvalue weighted by molar-refractivity contribution is 6.39. The van der Waals surface area contributed by atoms with Gasteiger partial charge in [-0.05, 0) is 37.1 Å². The highest BCUT2D eigenvalue weighted by Gasteiger charge is 2.28. The number of piperidine rings is 1. The second-order valence-corrected chi connectivity index (χ2v) is 7.86. The number of amides is 1. The van der Waals surface area contributed by atoms with E-state index in [4.69, 9.17) is 23.2 Å². The molecule has 1 fully saturated rings. The molecule has 0 aromatic heterocycles. The van der Waals surface area contributed by atoms with E-state index in [1.54, 1.807) is 0 Å². The summed E-state index contributed by atoms with van der Waals surface area (Å²) in [6.45, 7) is 5.58. The molecule has 1 N–H and O–H groups in total.